The average molecular weight is 412 g/mol. The van der Waals surface area contributed by atoms with Crippen molar-refractivity contribution in [3.63, 3.8) is 0 Å². The van der Waals surface area contributed by atoms with E-state index in [9.17, 15) is 9.59 Å². The minimum atomic E-state index is -0.350. The molecule has 160 valence electrons. The lowest BCUT2D eigenvalue weighted by atomic mass is 9.95. The van der Waals surface area contributed by atoms with E-state index in [0.29, 0.717) is 26.1 Å². The summed E-state index contributed by atoms with van der Waals surface area (Å²) in [5.74, 6) is 0.598. The Morgan fingerprint density at radius 3 is 3.10 bits per heavy atom. The van der Waals surface area contributed by atoms with Gasteiger partial charge >= 0.3 is 0 Å². The first kappa shape index (κ1) is 20.4. The smallest absolute Gasteiger partial charge is 0.249 e. The van der Waals surface area contributed by atoms with Crippen LogP contribution in [0.5, 0.6) is 5.75 Å². The molecule has 2 aliphatic rings. The first-order valence-electron chi connectivity index (χ1n) is 10.5. The summed E-state index contributed by atoms with van der Waals surface area (Å²) in [5, 5.41) is 2.93. The molecule has 0 saturated heterocycles. The predicted octanol–water partition coefficient (Wildman–Crippen LogP) is 1.68. The maximum atomic E-state index is 13.1. The minimum Gasteiger partial charge on any atom is -0.494 e. The van der Waals surface area contributed by atoms with Gasteiger partial charge in [-0.25, -0.2) is 4.98 Å². The summed E-state index contributed by atoms with van der Waals surface area (Å²) >= 11 is 0. The van der Waals surface area contributed by atoms with Gasteiger partial charge in [0.2, 0.25) is 11.8 Å². The van der Waals surface area contributed by atoms with Crippen molar-refractivity contribution >= 4 is 11.8 Å². The summed E-state index contributed by atoms with van der Waals surface area (Å²) in [6, 6.07) is 7.48. The van der Waals surface area contributed by atoms with Crippen molar-refractivity contribution in [2.24, 2.45) is 0 Å². The number of hydrogen-bond donors (Lipinski definition) is 1. The first-order valence-corrected chi connectivity index (χ1v) is 10.5. The van der Waals surface area contributed by atoms with E-state index >= 15 is 0 Å². The minimum absolute atomic E-state index is 0.0221. The van der Waals surface area contributed by atoms with Crippen LogP contribution in [0.25, 0.3) is 0 Å². The number of benzene rings is 1. The zero-order valence-electron chi connectivity index (χ0n) is 17.5. The number of nitrogens with one attached hydrogen (secondary N) is 1. The zero-order valence-corrected chi connectivity index (χ0v) is 17.5. The van der Waals surface area contributed by atoms with Crippen molar-refractivity contribution in [3.05, 3.63) is 47.5 Å². The van der Waals surface area contributed by atoms with Gasteiger partial charge in [-0.2, -0.15) is 0 Å². The summed E-state index contributed by atoms with van der Waals surface area (Å²) in [7, 11) is 0. The molecule has 1 aromatic carbocycles. The van der Waals surface area contributed by atoms with Crippen LogP contribution in [0.1, 0.15) is 43.3 Å². The van der Waals surface area contributed by atoms with Crippen molar-refractivity contribution < 1.29 is 19.1 Å². The number of imidazole rings is 1. The Hall–Kier alpha value is -2.87. The van der Waals surface area contributed by atoms with Gasteiger partial charge in [0, 0.05) is 19.5 Å². The lowest BCUT2D eigenvalue weighted by Gasteiger charge is -2.37. The van der Waals surface area contributed by atoms with Crippen LogP contribution in [-0.2, 0) is 27.3 Å². The van der Waals surface area contributed by atoms with E-state index in [1.807, 2.05) is 47.6 Å². The summed E-state index contributed by atoms with van der Waals surface area (Å²) < 4.78 is 13.3. The highest BCUT2D eigenvalue weighted by molar-refractivity contribution is 5.79. The Kier molecular flexibility index (Phi) is 6.03. The fourth-order valence-electron chi connectivity index (χ4n) is 3.97. The number of carbonyl (C=O) groups is 2. The molecule has 0 spiro atoms. The van der Waals surface area contributed by atoms with Crippen molar-refractivity contribution in [1.82, 2.24) is 19.8 Å². The molecule has 2 bridgehead atoms. The van der Waals surface area contributed by atoms with E-state index in [2.05, 4.69) is 10.3 Å². The molecular formula is C22H28N4O4. The van der Waals surface area contributed by atoms with Gasteiger partial charge in [0.05, 0.1) is 36.5 Å². The molecule has 8 heteroatoms. The lowest BCUT2D eigenvalue weighted by molar-refractivity contribution is -0.139. The van der Waals surface area contributed by atoms with E-state index in [0.717, 1.165) is 29.1 Å². The topological polar surface area (TPSA) is 85.7 Å². The van der Waals surface area contributed by atoms with E-state index in [4.69, 9.17) is 9.47 Å². The summed E-state index contributed by atoms with van der Waals surface area (Å²) in [6.45, 7) is 5.63. The van der Waals surface area contributed by atoms with Crippen molar-refractivity contribution in [1.29, 1.82) is 0 Å². The fraction of sp³-hybridized carbons (Fsp3) is 0.500. The van der Waals surface area contributed by atoms with Crippen LogP contribution in [0.4, 0.5) is 0 Å². The normalized spacial score (nSPS) is 19.1. The molecule has 0 saturated carbocycles. The van der Waals surface area contributed by atoms with Gasteiger partial charge in [-0.05, 0) is 38.0 Å². The Labute approximate surface area is 176 Å². The number of amides is 2. The maximum absolute atomic E-state index is 13.1. The van der Waals surface area contributed by atoms with Crippen LogP contribution in [0.3, 0.4) is 0 Å². The Bertz CT molecular complexity index is 924. The SMILES string of the molecule is CC(C)OCC(=O)N1CCc2ncn3c2C1c1cccc(c1)OCCCNC(=O)C3. The Morgan fingerprint density at radius 1 is 1.40 bits per heavy atom. The number of nitrogens with zero attached hydrogens (tertiary/aromatic N) is 3. The molecule has 0 radical (unpaired) electrons. The van der Waals surface area contributed by atoms with E-state index in [-0.39, 0.29) is 37.1 Å². The molecule has 2 amide bonds. The van der Waals surface area contributed by atoms with Crippen molar-refractivity contribution in [2.75, 3.05) is 26.3 Å². The second-order valence-electron chi connectivity index (χ2n) is 7.93. The number of fused-ring (bicyclic) bond motifs is 3. The number of ether oxygens (including phenoxy) is 2. The number of hydrogen-bond acceptors (Lipinski definition) is 5. The molecule has 2 aromatic rings. The molecule has 1 aromatic heterocycles. The molecule has 3 heterocycles. The largest absolute Gasteiger partial charge is 0.494 e. The van der Waals surface area contributed by atoms with Gasteiger partial charge in [-0.1, -0.05) is 12.1 Å². The zero-order chi connectivity index (χ0) is 21.1. The van der Waals surface area contributed by atoms with Crippen LogP contribution in [0, 0.1) is 0 Å². The van der Waals surface area contributed by atoms with Crippen LogP contribution in [0.2, 0.25) is 0 Å². The van der Waals surface area contributed by atoms with Gasteiger partial charge in [0.15, 0.2) is 0 Å². The highest BCUT2D eigenvalue weighted by atomic mass is 16.5. The molecule has 30 heavy (non-hydrogen) atoms. The maximum Gasteiger partial charge on any atom is 0.249 e. The van der Waals surface area contributed by atoms with E-state index in [1.165, 1.54) is 0 Å². The highest BCUT2D eigenvalue weighted by Gasteiger charge is 2.36. The second kappa shape index (κ2) is 8.87. The third-order valence-corrected chi connectivity index (χ3v) is 5.38. The second-order valence-corrected chi connectivity index (χ2v) is 7.93. The number of carbonyl (C=O) groups excluding carboxylic acids is 2. The Morgan fingerprint density at radius 2 is 2.27 bits per heavy atom. The molecule has 0 fully saturated rings. The summed E-state index contributed by atoms with van der Waals surface area (Å²) in [4.78, 5) is 31.9. The third-order valence-electron chi connectivity index (χ3n) is 5.38. The van der Waals surface area contributed by atoms with Gasteiger partial charge in [0.25, 0.3) is 0 Å². The fourth-order valence-corrected chi connectivity index (χ4v) is 3.97. The lowest BCUT2D eigenvalue weighted by Crippen LogP contribution is -2.43. The molecule has 0 aliphatic carbocycles. The van der Waals surface area contributed by atoms with E-state index in [1.54, 1.807) is 6.33 Å². The third kappa shape index (κ3) is 4.33. The predicted molar refractivity (Wildman–Crippen MR) is 110 cm³/mol. The summed E-state index contributed by atoms with van der Waals surface area (Å²) in [6.07, 6.45) is 3.04. The van der Waals surface area contributed by atoms with Crippen LogP contribution in [-0.4, -0.2) is 58.7 Å². The van der Waals surface area contributed by atoms with Crippen molar-refractivity contribution in [2.45, 2.75) is 45.4 Å². The van der Waals surface area contributed by atoms with E-state index < -0.39 is 0 Å². The molecule has 8 nitrogen and oxygen atoms in total. The van der Waals surface area contributed by atoms with Crippen LogP contribution >= 0.6 is 0 Å². The van der Waals surface area contributed by atoms with Gasteiger partial charge in [-0.15, -0.1) is 0 Å². The standard InChI is InChI=1S/C22H28N4O4/c1-15(2)30-13-20(28)26-9-7-18-22-21(26)16-5-3-6-17(11-16)29-10-4-8-23-19(27)12-25(22)14-24-18/h3,5-6,11,14-15,21H,4,7-10,12-13H2,1-2H3,(H,23,27). The quantitative estimate of drug-likeness (QED) is 0.829. The van der Waals surface area contributed by atoms with Gasteiger partial charge < -0.3 is 24.3 Å². The van der Waals surface area contributed by atoms with Crippen molar-refractivity contribution in [3.8, 4) is 5.75 Å². The molecule has 2 aliphatic heterocycles. The first-order chi connectivity index (χ1) is 14.5. The number of aromatic nitrogens is 2. The van der Waals surface area contributed by atoms with Gasteiger partial charge in [-0.3, -0.25) is 9.59 Å². The molecule has 1 unspecified atom stereocenters. The number of rotatable bonds is 3. The monoisotopic (exact) mass is 412 g/mol. The summed E-state index contributed by atoms with van der Waals surface area (Å²) in [5.41, 5.74) is 2.74. The molecular weight excluding hydrogens is 384 g/mol. The molecule has 1 N–H and O–H groups in total. The molecule has 1 atom stereocenters. The average Bonchev–Trinajstić information content (AvgIpc) is 3.13. The van der Waals surface area contributed by atoms with Crippen LogP contribution in [0.15, 0.2) is 30.6 Å². The van der Waals surface area contributed by atoms with Gasteiger partial charge in [0.1, 0.15) is 18.9 Å². The van der Waals surface area contributed by atoms with Crippen LogP contribution < -0.4 is 10.1 Å². The molecule has 4 rings (SSSR count). The Balaban J connectivity index is 1.77. The highest BCUT2D eigenvalue weighted by Crippen LogP contribution is 2.36.